The summed E-state index contributed by atoms with van der Waals surface area (Å²) in [6.07, 6.45) is 1.91. The molecule has 0 saturated carbocycles. The van der Waals surface area contributed by atoms with E-state index in [-0.39, 0.29) is 0 Å². The predicted molar refractivity (Wildman–Crippen MR) is 151 cm³/mol. The fourth-order valence-electron chi connectivity index (χ4n) is 5.48. The third kappa shape index (κ3) is 3.80. The summed E-state index contributed by atoms with van der Waals surface area (Å²) < 4.78 is 9.00. The van der Waals surface area contributed by atoms with Crippen molar-refractivity contribution in [3.8, 4) is 17.1 Å². The maximum Gasteiger partial charge on any atom is 0.145 e. The van der Waals surface area contributed by atoms with Gasteiger partial charge in [0.15, 0.2) is 0 Å². The van der Waals surface area contributed by atoms with Crippen LogP contribution in [0.1, 0.15) is 38.8 Å². The SMILES string of the molecule is CC(C)Cc1cc2c(oc3ccccc32)c(CC(C)C)c1-n1c(-c2ccccc2)nc2ccccc21. The average molecular weight is 473 g/mol. The summed E-state index contributed by atoms with van der Waals surface area (Å²) in [5, 5.41) is 2.40. The lowest BCUT2D eigenvalue weighted by molar-refractivity contribution is 0.615. The first-order valence-electron chi connectivity index (χ1n) is 13.0. The Morgan fingerprint density at radius 3 is 2.22 bits per heavy atom. The van der Waals surface area contributed by atoms with E-state index < -0.39 is 0 Å². The highest BCUT2D eigenvalue weighted by Crippen LogP contribution is 2.41. The van der Waals surface area contributed by atoms with Gasteiger partial charge in [-0.05, 0) is 54.5 Å². The first kappa shape index (κ1) is 22.6. The van der Waals surface area contributed by atoms with Gasteiger partial charge in [-0.2, -0.15) is 0 Å². The molecule has 0 bridgehead atoms. The Bertz CT molecular complexity index is 1690. The summed E-state index contributed by atoms with van der Waals surface area (Å²) in [5.41, 5.74) is 9.05. The zero-order valence-electron chi connectivity index (χ0n) is 21.5. The van der Waals surface area contributed by atoms with Gasteiger partial charge in [-0.3, -0.25) is 4.57 Å². The van der Waals surface area contributed by atoms with Gasteiger partial charge < -0.3 is 4.42 Å². The van der Waals surface area contributed by atoms with Gasteiger partial charge >= 0.3 is 0 Å². The predicted octanol–water partition coefficient (Wildman–Crippen LogP) is 8.99. The number of hydrogen-bond acceptors (Lipinski definition) is 2. The summed E-state index contributed by atoms with van der Waals surface area (Å²) in [5.74, 6) is 1.97. The van der Waals surface area contributed by atoms with Crippen LogP contribution in [0.4, 0.5) is 0 Å². The quantitative estimate of drug-likeness (QED) is 0.242. The summed E-state index contributed by atoms with van der Waals surface area (Å²) >= 11 is 0. The molecule has 6 aromatic rings. The highest BCUT2D eigenvalue weighted by Gasteiger charge is 2.25. The molecule has 180 valence electrons. The molecule has 0 aliphatic rings. The summed E-state index contributed by atoms with van der Waals surface area (Å²) in [4.78, 5) is 5.16. The summed E-state index contributed by atoms with van der Waals surface area (Å²) in [6, 6.07) is 29.8. The van der Waals surface area contributed by atoms with Crippen molar-refractivity contribution in [3.63, 3.8) is 0 Å². The van der Waals surface area contributed by atoms with Crippen LogP contribution in [0.25, 0.3) is 50.0 Å². The minimum Gasteiger partial charge on any atom is -0.456 e. The second-order valence-electron chi connectivity index (χ2n) is 10.7. The Hall–Kier alpha value is -3.85. The number of aromatic nitrogens is 2. The zero-order valence-corrected chi connectivity index (χ0v) is 21.5. The van der Waals surface area contributed by atoms with E-state index in [4.69, 9.17) is 9.40 Å². The van der Waals surface area contributed by atoms with E-state index in [9.17, 15) is 0 Å². The lowest BCUT2D eigenvalue weighted by Crippen LogP contribution is -2.10. The van der Waals surface area contributed by atoms with Gasteiger partial charge in [-0.25, -0.2) is 4.98 Å². The Morgan fingerprint density at radius 2 is 1.44 bits per heavy atom. The second kappa shape index (κ2) is 8.98. The fourth-order valence-corrected chi connectivity index (χ4v) is 5.48. The van der Waals surface area contributed by atoms with E-state index in [1.54, 1.807) is 0 Å². The maximum absolute atomic E-state index is 6.61. The monoisotopic (exact) mass is 472 g/mol. The number of para-hydroxylation sites is 3. The molecule has 2 aromatic heterocycles. The van der Waals surface area contributed by atoms with Crippen molar-refractivity contribution in [2.75, 3.05) is 0 Å². The lowest BCUT2D eigenvalue weighted by atomic mass is 9.91. The number of furan rings is 1. The van der Waals surface area contributed by atoms with Crippen LogP contribution in [-0.2, 0) is 12.8 Å². The molecule has 0 fully saturated rings. The third-order valence-corrected chi connectivity index (χ3v) is 6.87. The number of rotatable bonds is 6. The Balaban J connectivity index is 1.79. The molecule has 6 rings (SSSR count). The van der Waals surface area contributed by atoms with Gasteiger partial charge in [0.1, 0.15) is 17.0 Å². The largest absolute Gasteiger partial charge is 0.456 e. The van der Waals surface area contributed by atoms with Crippen LogP contribution in [-0.4, -0.2) is 9.55 Å². The van der Waals surface area contributed by atoms with Crippen molar-refractivity contribution in [3.05, 3.63) is 96.1 Å². The van der Waals surface area contributed by atoms with E-state index in [0.717, 1.165) is 46.4 Å². The molecule has 0 saturated heterocycles. The molecule has 0 amide bonds. The first-order chi connectivity index (χ1) is 17.5. The van der Waals surface area contributed by atoms with Gasteiger partial charge in [0.25, 0.3) is 0 Å². The number of benzene rings is 4. The molecule has 0 N–H and O–H groups in total. The van der Waals surface area contributed by atoms with E-state index in [0.29, 0.717) is 11.8 Å². The smallest absolute Gasteiger partial charge is 0.145 e. The Kier molecular flexibility index (Phi) is 5.64. The molecule has 0 unspecified atom stereocenters. The normalized spacial score (nSPS) is 12.1. The van der Waals surface area contributed by atoms with Crippen LogP contribution in [0.15, 0.2) is 89.3 Å². The van der Waals surface area contributed by atoms with E-state index in [1.807, 2.05) is 0 Å². The highest BCUT2D eigenvalue weighted by atomic mass is 16.3. The molecule has 3 nitrogen and oxygen atoms in total. The van der Waals surface area contributed by atoms with E-state index in [1.165, 1.54) is 27.6 Å². The molecule has 0 atom stereocenters. The molecule has 0 aliphatic carbocycles. The third-order valence-electron chi connectivity index (χ3n) is 6.87. The molecule has 3 heteroatoms. The second-order valence-corrected chi connectivity index (χ2v) is 10.7. The van der Waals surface area contributed by atoms with Crippen LogP contribution in [0, 0.1) is 11.8 Å². The molecule has 0 aliphatic heterocycles. The van der Waals surface area contributed by atoms with Crippen molar-refractivity contribution in [2.24, 2.45) is 11.8 Å². The first-order valence-corrected chi connectivity index (χ1v) is 13.0. The van der Waals surface area contributed by atoms with Gasteiger partial charge in [0, 0.05) is 21.9 Å². The molecular formula is C33H32N2O. The molecule has 2 heterocycles. The van der Waals surface area contributed by atoms with E-state index in [2.05, 4.69) is 117 Å². The zero-order chi connectivity index (χ0) is 24.8. The summed E-state index contributed by atoms with van der Waals surface area (Å²) in [7, 11) is 0. The lowest BCUT2D eigenvalue weighted by Gasteiger charge is -2.21. The summed E-state index contributed by atoms with van der Waals surface area (Å²) in [6.45, 7) is 9.18. The number of hydrogen-bond donors (Lipinski definition) is 0. The number of nitrogens with zero attached hydrogens (tertiary/aromatic N) is 2. The van der Waals surface area contributed by atoms with Gasteiger partial charge in [0.05, 0.1) is 16.7 Å². The van der Waals surface area contributed by atoms with Crippen LogP contribution in [0.2, 0.25) is 0 Å². The maximum atomic E-state index is 6.61. The van der Waals surface area contributed by atoms with Crippen molar-refractivity contribution >= 4 is 33.0 Å². The molecule has 0 radical (unpaired) electrons. The average Bonchev–Trinajstić information content (AvgIpc) is 3.43. The Morgan fingerprint density at radius 1 is 0.750 bits per heavy atom. The molecular weight excluding hydrogens is 440 g/mol. The van der Waals surface area contributed by atoms with Crippen molar-refractivity contribution in [1.82, 2.24) is 9.55 Å². The van der Waals surface area contributed by atoms with E-state index >= 15 is 0 Å². The fraction of sp³-hybridized carbons (Fsp3) is 0.242. The topological polar surface area (TPSA) is 31.0 Å². The van der Waals surface area contributed by atoms with Crippen LogP contribution in [0.3, 0.4) is 0 Å². The standard InChI is InChI=1S/C33H32N2O/c1-21(2)18-24-20-26-25-14-8-11-17-30(25)36-32(26)27(19-22(3)4)31(24)35-29-16-10-9-15-28(29)34-33(35)23-12-6-5-7-13-23/h5-17,20-22H,18-19H2,1-4H3. The van der Waals surface area contributed by atoms with Crippen LogP contribution < -0.4 is 0 Å². The highest BCUT2D eigenvalue weighted by molar-refractivity contribution is 6.07. The molecule has 4 aromatic carbocycles. The number of imidazole rings is 1. The Labute approximate surface area is 212 Å². The van der Waals surface area contributed by atoms with Gasteiger partial charge in [0.2, 0.25) is 0 Å². The molecule has 0 spiro atoms. The minimum absolute atomic E-state index is 0.476. The van der Waals surface area contributed by atoms with Crippen molar-refractivity contribution < 1.29 is 4.42 Å². The van der Waals surface area contributed by atoms with Gasteiger partial charge in [-0.15, -0.1) is 0 Å². The minimum atomic E-state index is 0.476. The van der Waals surface area contributed by atoms with Crippen LogP contribution >= 0.6 is 0 Å². The number of fused-ring (bicyclic) bond motifs is 4. The van der Waals surface area contributed by atoms with Gasteiger partial charge in [-0.1, -0.05) is 88.4 Å². The molecule has 36 heavy (non-hydrogen) atoms. The van der Waals surface area contributed by atoms with Crippen molar-refractivity contribution in [1.29, 1.82) is 0 Å². The van der Waals surface area contributed by atoms with Crippen LogP contribution in [0.5, 0.6) is 0 Å². The van der Waals surface area contributed by atoms with Crippen molar-refractivity contribution in [2.45, 2.75) is 40.5 Å².